The zero-order chi connectivity index (χ0) is 13.7. The molecule has 2 aromatic rings. The number of nitrogens with one attached hydrogen (secondary N) is 1. The van der Waals surface area contributed by atoms with Crippen molar-refractivity contribution in [3.8, 4) is 5.75 Å². The van der Waals surface area contributed by atoms with Crippen molar-refractivity contribution < 1.29 is 9.90 Å². The van der Waals surface area contributed by atoms with Crippen LogP contribution < -0.4 is 5.32 Å². The third-order valence-electron chi connectivity index (χ3n) is 2.95. The number of carbonyl (C=O) groups excluding carboxylic acids is 1. The Balaban J connectivity index is 1.79. The number of benzene rings is 1. The summed E-state index contributed by atoms with van der Waals surface area (Å²) in [5.74, 6) is 0.197. The van der Waals surface area contributed by atoms with Gasteiger partial charge in [0.05, 0.1) is 0 Å². The van der Waals surface area contributed by atoms with E-state index in [2.05, 4.69) is 10.4 Å². The van der Waals surface area contributed by atoms with Crippen LogP contribution in [-0.2, 0) is 11.2 Å². The smallest absolute Gasteiger partial charge is 0.244 e. The van der Waals surface area contributed by atoms with Crippen LogP contribution >= 0.6 is 0 Å². The molecule has 5 nitrogen and oxygen atoms in total. The lowest BCUT2D eigenvalue weighted by Gasteiger charge is -2.12. The molecule has 100 valence electrons. The first kappa shape index (κ1) is 13.1. The lowest BCUT2D eigenvalue weighted by atomic mass is 10.1. The summed E-state index contributed by atoms with van der Waals surface area (Å²) in [7, 11) is 0. The van der Waals surface area contributed by atoms with E-state index in [4.69, 9.17) is 5.11 Å². The van der Waals surface area contributed by atoms with Crippen LogP contribution in [0.15, 0.2) is 42.7 Å². The van der Waals surface area contributed by atoms with Gasteiger partial charge in [0.25, 0.3) is 0 Å². The van der Waals surface area contributed by atoms with Crippen molar-refractivity contribution in [2.24, 2.45) is 0 Å². The number of phenolic OH excluding ortho intramolecular Hbond substituents is 1. The van der Waals surface area contributed by atoms with Gasteiger partial charge >= 0.3 is 0 Å². The summed E-state index contributed by atoms with van der Waals surface area (Å²) in [6.45, 7) is 2.37. The van der Waals surface area contributed by atoms with E-state index in [1.54, 1.807) is 35.3 Å². The summed E-state index contributed by atoms with van der Waals surface area (Å²) >= 11 is 0. The lowest BCUT2D eigenvalue weighted by molar-refractivity contribution is -0.124. The fourth-order valence-electron chi connectivity index (χ4n) is 1.77. The molecule has 0 spiro atoms. The van der Waals surface area contributed by atoms with Gasteiger partial charge in [-0.05, 0) is 37.1 Å². The average molecular weight is 259 g/mol. The Bertz CT molecular complexity index is 520. The van der Waals surface area contributed by atoms with Crippen LogP contribution in [0.4, 0.5) is 0 Å². The highest BCUT2D eigenvalue weighted by molar-refractivity contribution is 5.79. The van der Waals surface area contributed by atoms with Gasteiger partial charge in [0.15, 0.2) is 0 Å². The van der Waals surface area contributed by atoms with Crippen molar-refractivity contribution in [2.75, 3.05) is 6.54 Å². The Morgan fingerprint density at radius 3 is 2.79 bits per heavy atom. The van der Waals surface area contributed by atoms with Crippen LogP contribution in [0.3, 0.4) is 0 Å². The van der Waals surface area contributed by atoms with Crippen LogP contribution in [0.2, 0.25) is 0 Å². The molecule has 1 atom stereocenters. The predicted molar refractivity (Wildman–Crippen MR) is 71.8 cm³/mol. The second kappa shape index (κ2) is 6.04. The zero-order valence-electron chi connectivity index (χ0n) is 10.8. The number of hydrogen-bond acceptors (Lipinski definition) is 3. The molecule has 1 heterocycles. The fraction of sp³-hybridized carbons (Fsp3) is 0.286. The second-order valence-corrected chi connectivity index (χ2v) is 4.37. The van der Waals surface area contributed by atoms with Gasteiger partial charge < -0.3 is 10.4 Å². The van der Waals surface area contributed by atoms with Gasteiger partial charge in [0.1, 0.15) is 11.8 Å². The molecule has 1 aromatic carbocycles. The Hall–Kier alpha value is -2.30. The van der Waals surface area contributed by atoms with Gasteiger partial charge in [0.2, 0.25) is 5.91 Å². The largest absolute Gasteiger partial charge is 0.508 e. The summed E-state index contributed by atoms with van der Waals surface area (Å²) in [4.78, 5) is 11.9. The normalized spacial score (nSPS) is 12.1. The van der Waals surface area contributed by atoms with Gasteiger partial charge in [-0.3, -0.25) is 9.48 Å². The lowest BCUT2D eigenvalue weighted by Crippen LogP contribution is -2.32. The molecule has 1 amide bonds. The first-order valence-corrected chi connectivity index (χ1v) is 6.21. The van der Waals surface area contributed by atoms with E-state index in [0.717, 1.165) is 12.0 Å². The van der Waals surface area contributed by atoms with E-state index in [9.17, 15) is 4.79 Å². The van der Waals surface area contributed by atoms with Crippen LogP contribution in [-0.4, -0.2) is 27.3 Å². The maximum atomic E-state index is 11.9. The molecule has 2 rings (SSSR count). The Morgan fingerprint density at radius 2 is 2.16 bits per heavy atom. The molecule has 0 fully saturated rings. The standard InChI is InChI=1S/C14H17N3O2/c1-11(17-10-2-8-16-17)14(19)15-9-7-12-3-5-13(18)6-4-12/h2-6,8,10-11,18H,7,9H2,1H3,(H,15,19). The number of carbonyl (C=O) groups is 1. The van der Waals surface area contributed by atoms with Gasteiger partial charge in [0, 0.05) is 18.9 Å². The van der Waals surface area contributed by atoms with Crippen molar-refractivity contribution in [2.45, 2.75) is 19.4 Å². The highest BCUT2D eigenvalue weighted by Gasteiger charge is 2.13. The second-order valence-electron chi connectivity index (χ2n) is 4.37. The molecule has 1 unspecified atom stereocenters. The molecule has 0 saturated heterocycles. The number of nitrogens with zero attached hydrogens (tertiary/aromatic N) is 2. The van der Waals surface area contributed by atoms with Crippen molar-refractivity contribution >= 4 is 5.91 Å². The minimum Gasteiger partial charge on any atom is -0.508 e. The molecule has 1 aromatic heterocycles. The summed E-state index contributed by atoms with van der Waals surface area (Å²) in [5, 5.41) is 16.1. The summed E-state index contributed by atoms with van der Waals surface area (Å²) < 4.78 is 1.62. The number of aromatic hydroxyl groups is 1. The topological polar surface area (TPSA) is 67.2 Å². The third kappa shape index (κ3) is 3.58. The number of amides is 1. The van der Waals surface area contributed by atoms with E-state index in [-0.39, 0.29) is 17.7 Å². The van der Waals surface area contributed by atoms with Gasteiger partial charge in [-0.25, -0.2) is 0 Å². The van der Waals surface area contributed by atoms with Crippen molar-refractivity contribution in [3.63, 3.8) is 0 Å². The maximum Gasteiger partial charge on any atom is 0.244 e. The average Bonchev–Trinajstić information content (AvgIpc) is 2.94. The molecule has 0 aliphatic carbocycles. The fourth-order valence-corrected chi connectivity index (χ4v) is 1.77. The summed E-state index contributed by atoms with van der Waals surface area (Å²) in [5.41, 5.74) is 1.07. The molecule has 0 aliphatic heterocycles. The van der Waals surface area contributed by atoms with Crippen LogP contribution in [0.5, 0.6) is 5.75 Å². The van der Waals surface area contributed by atoms with Gasteiger partial charge in [-0.15, -0.1) is 0 Å². The molecular formula is C14H17N3O2. The van der Waals surface area contributed by atoms with Crippen LogP contribution in [0, 0.1) is 0 Å². The molecule has 0 saturated carbocycles. The molecule has 0 radical (unpaired) electrons. The summed E-state index contributed by atoms with van der Waals surface area (Å²) in [6, 6.07) is 8.46. The monoisotopic (exact) mass is 259 g/mol. The van der Waals surface area contributed by atoms with E-state index in [1.807, 2.05) is 19.1 Å². The van der Waals surface area contributed by atoms with Crippen LogP contribution in [0.25, 0.3) is 0 Å². The Kier molecular flexibility index (Phi) is 4.18. The minimum atomic E-state index is -0.310. The molecule has 5 heteroatoms. The van der Waals surface area contributed by atoms with Crippen molar-refractivity contribution in [1.82, 2.24) is 15.1 Å². The van der Waals surface area contributed by atoms with Gasteiger partial charge in [-0.2, -0.15) is 5.10 Å². The number of phenols is 1. The Labute approximate surface area is 111 Å². The minimum absolute atomic E-state index is 0.0533. The maximum absolute atomic E-state index is 11.9. The molecule has 0 bridgehead atoms. The van der Waals surface area contributed by atoms with E-state index >= 15 is 0 Å². The number of aromatic nitrogens is 2. The SMILES string of the molecule is CC(C(=O)NCCc1ccc(O)cc1)n1cccn1. The Morgan fingerprint density at radius 1 is 1.42 bits per heavy atom. The predicted octanol–water partition coefficient (Wildman–Crippen LogP) is 1.51. The van der Waals surface area contributed by atoms with Crippen molar-refractivity contribution in [1.29, 1.82) is 0 Å². The third-order valence-corrected chi connectivity index (χ3v) is 2.95. The summed E-state index contributed by atoms with van der Waals surface area (Å²) in [6.07, 6.45) is 4.16. The highest BCUT2D eigenvalue weighted by Crippen LogP contribution is 2.09. The quantitative estimate of drug-likeness (QED) is 0.855. The zero-order valence-corrected chi connectivity index (χ0v) is 10.8. The first-order chi connectivity index (χ1) is 9.16. The number of rotatable bonds is 5. The molecule has 0 aliphatic rings. The van der Waals surface area contributed by atoms with E-state index in [0.29, 0.717) is 6.54 Å². The van der Waals surface area contributed by atoms with E-state index < -0.39 is 0 Å². The van der Waals surface area contributed by atoms with Crippen LogP contribution in [0.1, 0.15) is 18.5 Å². The van der Waals surface area contributed by atoms with Gasteiger partial charge in [-0.1, -0.05) is 12.1 Å². The molecule has 19 heavy (non-hydrogen) atoms. The number of hydrogen-bond donors (Lipinski definition) is 2. The highest BCUT2D eigenvalue weighted by atomic mass is 16.3. The molecular weight excluding hydrogens is 242 g/mol. The van der Waals surface area contributed by atoms with E-state index in [1.165, 1.54) is 0 Å². The van der Waals surface area contributed by atoms with Crippen molar-refractivity contribution in [3.05, 3.63) is 48.3 Å². The molecule has 2 N–H and O–H groups in total. The first-order valence-electron chi connectivity index (χ1n) is 6.21.